The maximum atomic E-state index is 11.6. The van der Waals surface area contributed by atoms with Crippen molar-refractivity contribution in [2.24, 2.45) is 59.2 Å². The molecule has 2 rings (SSSR count). The third kappa shape index (κ3) is 7.93. The van der Waals surface area contributed by atoms with Gasteiger partial charge in [-0.25, -0.2) is 0 Å². The molecule has 0 saturated heterocycles. The van der Waals surface area contributed by atoms with Gasteiger partial charge in [-0.15, -0.1) is 0 Å². The van der Waals surface area contributed by atoms with Gasteiger partial charge in [0.15, 0.2) is 0 Å². The number of hydrogen-bond donors (Lipinski definition) is 2. The van der Waals surface area contributed by atoms with Gasteiger partial charge >= 0.3 is 0 Å². The van der Waals surface area contributed by atoms with Crippen LogP contribution < -0.4 is 0 Å². The molecule has 4 nitrogen and oxygen atoms in total. The van der Waals surface area contributed by atoms with Crippen molar-refractivity contribution in [3.05, 3.63) is 0 Å². The zero-order chi connectivity index (χ0) is 26.8. The van der Waals surface area contributed by atoms with E-state index >= 15 is 0 Å². The largest absolute Gasteiger partial charge is 0.390 e. The van der Waals surface area contributed by atoms with Crippen LogP contribution in [0.3, 0.4) is 0 Å². The molecule has 2 N–H and O–H groups in total. The lowest BCUT2D eigenvalue weighted by Gasteiger charge is -2.48. The van der Waals surface area contributed by atoms with Crippen LogP contribution in [0.25, 0.3) is 0 Å². The highest BCUT2D eigenvalue weighted by molar-refractivity contribution is 4.95. The van der Waals surface area contributed by atoms with Crippen molar-refractivity contribution in [2.75, 3.05) is 26.4 Å². The monoisotopic (exact) mass is 510 g/mol. The molecule has 0 aromatic heterocycles. The average molecular weight is 511 g/mol. The van der Waals surface area contributed by atoms with Crippen molar-refractivity contribution in [3.8, 4) is 0 Å². The fraction of sp³-hybridized carbons (Fsp3) is 1.00. The van der Waals surface area contributed by atoms with Crippen LogP contribution in [-0.4, -0.2) is 48.8 Å². The molecule has 2 aliphatic rings. The van der Waals surface area contributed by atoms with Gasteiger partial charge in [0.1, 0.15) is 0 Å². The van der Waals surface area contributed by atoms with Gasteiger partial charge in [-0.2, -0.15) is 0 Å². The summed E-state index contributed by atoms with van der Waals surface area (Å²) in [5, 5.41) is 23.3. The molecule has 0 radical (unpaired) electrons. The van der Waals surface area contributed by atoms with Gasteiger partial charge in [0.25, 0.3) is 0 Å². The van der Waals surface area contributed by atoms with Crippen LogP contribution in [0.15, 0.2) is 0 Å². The molecule has 4 heteroatoms. The van der Waals surface area contributed by atoms with Gasteiger partial charge < -0.3 is 19.7 Å². The molecule has 8 unspecified atom stereocenters. The maximum absolute atomic E-state index is 11.6. The Kier molecular flexibility index (Phi) is 14.3. The van der Waals surface area contributed by atoms with E-state index in [1.807, 2.05) is 0 Å². The van der Waals surface area contributed by atoms with Crippen molar-refractivity contribution in [1.82, 2.24) is 0 Å². The number of hydrogen-bond acceptors (Lipinski definition) is 4. The highest BCUT2D eigenvalue weighted by atomic mass is 16.5. The van der Waals surface area contributed by atoms with E-state index in [0.717, 1.165) is 39.3 Å². The maximum Gasteiger partial charge on any atom is 0.0830 e. The predicted molar refractivity (Wildman–Crippen MR) is 151 cm³/mol. The molecule has 214 valence electrons. The van der Waals surface area contributed by atoms with Gasteiger partial charge in [0, 0.05) is 26.4 Å². The Morgan fingerprint density at radius 2 is 0.972 bits per heavy atom. The zero-order valence-electron chi connectivity index (χ0n) is 25.1. The smallest absolute Gasteiger partial charge is 0.0830 e. The molecule has 0 aromatic carbocycles. The van der Waals surface area contributed by atoms with E-state index in [9.17, 15) is 10.2 Å². The molecule has 36 heavy (non-hydrogen) atoms. The Morgan fingerprint density at radius 3 is 1.28 bits per heavy atom. The Bertz CT molecular complexity index is 533. The van der Waals surface area contributed by atoms with E-state index in [4.69, 9.17) is 9.47 Å². The summed E-state index contributed by atoms with van der Waals surface area (Å²) in [6.07, 6.45) is 8.17. The molecule has 2 saturated carbocycles. The Hall–Kier alpha value is -0.160. The zero-order valence-corrected chi connectivity index (χ0v) is 25.1. The lowest BCUT2D eigenvalue weighted by atomic mass is 9.59. The quantitative estimate of drug-likeness (QED) is 0.244. The second-order valence-electron chi connectivity index (χ2n) is 12.7. The molecule has 0 spiro atoms. The minimum absolute atomic E-state index is 0.0686. The first kappa shape index (κ1) is 32.1. The van der Waals surface area contributed by atoms with Gasteiger partial charge in [-0.05, 0) is 85.9 Å². The normalized spacial score (nSPS) is 36.8. The summed E-state index contributed by atoms with van der Waals surface area (Å²) in [7, 11) is 0. The van der Waals surface area contributed by atoms with Crippen LogP contribution in [0.5, 0.6) is 0 Å². The summed E-state index contributed by atoms with van der Waals surface area (Å²) in [6, 6.07) is 0. The standard InChI is InChI=1S/C32H62O4/c1-9-13-25-21(5)15-17-27(29(25)19-35-11-3)23(7)31(33)32(34)24(8)28-18-16-22(6)26(14-10-2)30(28)20-36-12-4/h21-34H,9-20H2,1-8H3/t21-,22-,23?,24?,25?,26?,27+,28+,29?,30?,31?,32?/m1/s1. The van der Waals surface area contributed by atoms with Gasteiger partial charge in [-0.3, -0.25) is 0 Å². The van der Waals surface area contributed by atoms with Crippen molar-refractivity contribution in [2.45, 2.75) is 119 Å². The predicted octanol–water partition coefficient (Wildman–Crippen LogP) is 7.21. The molecule has 0 aliphatic heterocycles. The molecule has 12 atom stereocenters. The lowest BCUT2D eigenvalue weighted by Crippen LogP contribution is -2.49. The van der Waals surface area contributed by atoms with Crippen molar-refractivity contribution in [3.63, 3.8) is 0 Å². The summed E-state index contributed by atoms with van der Waals surface area (Å²) in [6.45, 7) is 21.0. The number of aliphatic hydroxyl groups excluding tert-OH is 2. The van der Waals surface area contributed by atoms with Crippen LogP contribution >= 0.6 is 0 Å². The minimum atomic E-state index is -0.693. The highest BCUT2D eigenvalue weighted by Crippen LogP contribution is 2.48. The first-order chi connectivity index (χ1) is 17.2. The first-order valence-electron chi connectivity index (χ1n) is 15.7. The third-order valence-electron chi connectivity index (χ3n) is 10.6. The Balaban J connectivity index is 2.19. The molecule has 2 aliphatic carbocycles. The fourth-order valence-electron chi connectivity index (χ4n) is 8.35. The van der Waals surface area contributed by atoms with Gasteiger partial charge in [0.2, 0.25) is 0 Å². The average Bonchev–Trinajstić information content (AvgIpc) is 2.87. The molecular formula is C32H62O4. The van der Waals surface area contributed by atoms with E-state index < -0.39 is 12.2 Å². The van der Waals surface area contributed by atoms with E-state index in [1.54, 1.807) is 0 Å². The molecule has 2 fully saturated rings. The molecule has 0 amide bonds. The summed E-state index contributed by atoms with van der Waals surface area (Å²) in [5.41, 5.74) is 0. The summed E-state index contributed by atoms with van der Waals surface area (Å²) >= 11 is 0. The summed E-state index contributed by atoms with van der Waals surface area (Å²) < 4.78 is 12.0. The fourth-order valence-corrected chi connectivity index (χ4v) is 8.35. The Labute approximate surface area is 224 Å². The van der Waals surface area contributed by atoms with E-state index in [1.165, 1.54) is 38.5 Å². The van der Waals surface area contributed by atoms with E-state index in [2.05, 4.69) is 55.4 Å². The highest BCUT2D eigenvalue weighted by Gasteiger charge is 2.46. The number of rotatable bonds is 15. The van der Waals surface area contributed by atoms with E-state index in [-0.39, 0.29) is 11.8 Å². The van der Waals surface area contributed by atoms with Gasteiger partial charge in [-0.1, -0.05) is 80.1 Å². The molecule has 0 aromatic rings. The lowest BCUT2D eigenvalue weighted by molar-refractivity contribution is -0.109. The van der Waals surface area contributed by atoms with E-state index in [0.29, 0.717) is 47.3 Å². The number of aliphatic hydroxyl groups is 2. The van der Waals surface area contributed by atoms with Crippen LogP contribution in [-0.2, 0) is 9.47 Å². The van der Waals surface area contributed by atoms with Gasteiger partial charge in [0.05, 0.1) is 12.2 Å². The third-order valence-corrected chi connectivity index (χ3v) is 10.6. The van der Waals surface area contributed by atoms with Crippen LogP contribution in [0.1, 0.15) is 107 Å². The first-order valence-corrected chi connectivity index (χ1v) is 15.7. The van der Waals surface area contributed by atoms with Crippen molar-refractivity contribution in [1.29, 1.82) is 0 Å². The summed E-state index contributed by atoms with van der Waals surface area (Å²) in [4.78, 5) is 0. The topological polar surface area (TPSA) is 58.9 Å². The summed E-state index contributed by atoms with van der Waals surface area (Å²) in [5.74, 6) is 4.59. The van der Waals surface area contributed by atoms with Crippen LogP contribution in [0, 0.1) is 59.2 Å². The number of ether oxygens (including phenoxy) is 2. The van der Waals surface area contributed by atoms with Crippen LogP contribution in [0.2, 0.25) is 0 Å². The Morgan fingerprint density at radius 1 is 0.611 bits per heavy atom. The SMILES string of the molecule is CCCC1C(COCC)[C@H](C(C)C(O)C(O)C(C)[C@@H]2CC[C@@H](C)C(CCC)C2COCC)CC[C@H]1C. The molecule has 0 heterocycles. The van der Waals surface area contributed by atoms with Crippen molar-refractivity contribution < 1.29 is 19.7 Å². The van der Waals surface area contributed by atoms with Crippen LogP contribution in [0.4, 0.5) is 0 Å². The minimum Gasteiger partial charge on any atom is -0.390 e. The second kappa shape index (κ2) is 16.1. The molecule has 0 bridgehead atoms. The molecular weight excluding hydrogens is 448 g/mol. The van der Waals surface area contributed by atoms with Crippen molar-refractivity contribution >= 4 is 0 Å². The second-order valence-corrected chi connectivity index (χ2v) is 12.7.